The molecule has 0 amide bonds. The number of carbonyl (C=O) groups excluding carboxylic acids is 1. The molecular weight excluding hydrogens is 234 g/mol. The van der Waals surface area contributed by atoms with Crippen LogP contribution in [0.1, 0.15) is 36.2 Å². The monoisotopic (exact) mass is 255 g/mol. The molecule has 5 nitrogen and oxygen atoms in total. The fourth-order valence-corrected chi connectivity index (χ4v) is 1.73. The summed E-state index contributed by atoms with van der Waals surface area (Å²) in [7, 11) is 5.01. The number of likely N-dealkylation sites (N-methyl/N-ethyl adjacent to an activating group) is 1. The molecule has 2 unspecified atom stereocenters. The van der Waals surface area contributed by atoms with Crippen LogP contribution in [0.15, 0.2) is 16.5 Å². The minimum Gasteiger partial charge on any atom is -0.463 e. The van der Waals surface area contributed by atoms with Gasteiger partial charge in [-0.2, -0.15) is 0 Å². The summed E-state index contributed by atoms with van der Waals surface area (Å²) in [6, 6.07) is 3.75. The van der Waals surface area contributed by atoms with E-state index in [1.165, 1.54) is 7.11 Å². The third kappa shape index (κ3) is 3.34. The lowest BCUT2D eigenvalue weighted by molar-refractivity contribution is 0.0552. The van der Waals surface area contributed by atoms with E-state index in [1.54, 1.807) is 19.2 Å². The number of hydrogen-bond donors (Lipinski definition) is 0. The maximum atomic E-state index is 11.3. The Kier molecular flexibility index (Phi) is 5.37. The lowest BCUT2D eigenvalue weighted by atomic mass is 10.2. The van der Waals surface area contributed by atoms with Gasteiger partial charge in [-0.3, -0.25) is 4.90 Å². The molecule has 0 radical (unpaired) electrons. The van der Waals surface area contributed by atoms with Crippen LogP contribution in [0.3, 0.4) is 0 Å². The van der Waals surface area contributed by atoms with Crippen LogP contribution in [-0.2, 0) is 9.47 Å². The average molecular weight is 255 g/mol. The minimum absolute atomic E-state index is 0.0635. The number of methoxy groups -OCH3 is 2. The molecule has 5 heteroatoms. The molecule has 102 valence electrons. The van der Waals surface area contributed by atoms with Crippen molar-refractivity contribution in [3.05, 3.63) is 23.7 Å². The molecule has 0 aliphatic heterocycles. The maximum Gasteiger partial charge on any atom is 0.373 e. The first-order valence-corrected chi connectivity index (χ1v) is 5.90. The van der Waals surface area contributed by atoms with Crippen molar-refractivity contribution in [1.29, 1.82) is 0 Å². The molecule has 0 bridgehead atoms. The summed E-state index contributed by atoms with van der Waals surface area (Å²) in [5, 5.41) is 0. The number of hydrogen-bond acceptors (Lipinski definition) is 5. The summed E-state index contributed by atoms with van der Waals surface area (Å²) < 4.78 is 15.2. The third-order valence-electron chi connectivity index (χ3n) is 3.14. The van der Waals surface area contributed by atoms with Crippen LogP contribution in [-0.4, -0.2) is 44.8 Å². The van der Waals surface area contributed by atoms with Gasteiger partial charge in [-0.15, -0.1) is 0 Å². The molecule has 1 aromatic rings. The first-order valence-electron chi connectivity index (χ1n) is 5.90. The molecule has 0 aromatic carbocycles. The number of nitrogens with zero attached hydrogens (tertiary/aromatic N) is 1. The second-order valence-electron chi connectivity index (χ2n) is 4.34. The van der Waals surface area contributed by atoms with Crippen molar-refractivity contribution in [2.24, 2.45) is 0 Å². The highest BCUT2D eigenvalue weighted by Crippen LogP contribution is 2.23. The number of ether oxygens (including phenoxy) is 2. The van der Waals surface area contributed by atoms with E-state index in [0.29, 0.717) is 6.61 Å². The Morgan fingerprint density at radius 3 is 2.61 bits per heavy atom. The van der Waals surface area contributed by atoms with E-state index in [-0.39, 0.29) is 17.8 Å². The zero-order valence-electron chi connectivity index (χ0n) is 11.6. The molecule has 0 N–H and O–H groups in total. The van der Waals surface area contributed by atoms with Crippen LogP contribution < -0.4 is 0 Å². The van der Waals surface area contributed by atoms with Crippen molar-refractivity contribution in [3.63, 3.8) is 0 Å². The molecule has 0 saturated carbocycles. The number of furan rings is 1. The van der Waals surface area contributed by atoms with E-state index in [4.69, 9.17) is 9.15 Å². The second-order valence-corrected chi connectivity index (χ2v) is 4.34. The van der Waals surface area contributed by atoms with Gasteiger partial charge in [0.25, 0.3) is 0 Å². The number of rotatable bonds is 6. The van der Waals surface area contributed by atoms with Crippen molar-refractivity contribution in [2.75, 3.05) is 27.9 Å². The quantitative estimate of drug-likeness (QED) is 0.728. The Labute approximate surface area is 108 Å². The van der Waals surface area contributed by atoms with Gasteiger partial charge in [0.2, 0.25) is 5.76 Å². The SMILES string of the molecule is COCC(C)N(C)C(C)c1ccc(C(=O)OC)o1. The van der Waals surface area contributed by atoms with Crippen molar-refractivity contribution >= 4 is 5.97 Å². The molecule has 1 heterocycles. The average Bonchev–Trinajstić information content (AvgIpc) is 2.85. The standard InChI is InChI=1S/C13H21NO4/c1-9(8-16-4)14(3)10(2)11-6-7-12(18-11)13(15)17-5/h6-7,9-10H,8H2,1-5H3. The largest absolute Gasteiger partial charge is 0.463 e. The number of esters is 1. The van der Waals surface area contributed by atoms with Gasteiger partial charge in [0.1, 0.15) is 5.76 Å². The summed E-state index contributed by atoms with van der Waals surface area (Å²) in [6.07, 6.45) is 0. The lowest BCUT2D eigenvalue weighted by Crippen LogP contribution is -2.34. The molecule has 0 saturated heterocycles. The Morgan fingerprint density at radius 1 is 1.39 bits per heavy atom. The summed E-state index contributed by atoms with van der Waals surface area (Å²) in [5.41, 5.74) is 0. The summed E-state index contributed by atoms with van der Waals surface area (Å²) in [5.74, 6) is 0.508. The lowest BCUT2D eigenvalue weighted by Gasteiger charge is -2.28. The summed E-state index contributed by atoms with van der Waals surface area (Å²) >= 11 is 0. The van der Waals surface area contributed by atoms with Gasteiger partial charge < -0.3 is 13.9 Å². The predicted octanol–water partition coefficient (Wildman–Crippen LogP) is 2.09. The second kappa shape index (κ2) is 6.56. The van der Waals surface area contributed by atoms with E-state index in [0.717, 1.165) is 5.76 Å². The minimum atomic E-state index is -0.457. The van der Waals surface area contributed by atoms with E-state index >= 15 is 0 Å². The fraction of sp³-hybridized carbons (Fsp3) is 0.615. The van der Waals surface area contributed by atoms with E-state index < -0.39 is 5.97 Å². The van der Waals surface area contributed by atoms with Crippen molar-refractivity contribution in [1.82, 2.24) is 4.90 Å². The molecule has 0 spiro atoms. The Hall–Kier alpha value is -1.33. The van der Waals surface area contributed by atoms with Gasteiger partial charge in [-0.25, -0.2) is 4.79 Å². The van der Waals surface area contributed by atoms with Gasteiger partial charge in [0, 0.05) is 13.2 Å². The van der Waals surface area contributed by atoms with Crippen molar-refractivity contribution in [2.45, 2.75) is 25.9 Å². The van der Waals surface area contributed by atoms with Gasteiger partial charge in [-0.1, -0.05) is 0 Å². The molecule has 0 fully saturated rings. The zero-order valence-corrected chi connectivity index (χ0v) is 11.6. The van der Waals surface area contributed by atoms with Gasteiger partial charge in [-0.05, 0) is 33.0 Å². The Bertz CT molecular complexity index is 388. The number of carbonyl (C=O) groups is 1. The molecule has 2 atom stereocenters. The van der Waals surface area contributed by atoms with Crippen LogP contribution in [0.25, 0.3) is 0 Å². The highest BCUT2D eigenvalue weighted by molar-refractivity contribution is 5.86. The first-order chi connectivity index (χ1) is 8.51. The smallest absolute Gasteiger partial charge is 0.373 e. The van der Waals surface area contributed by atoms with Crippen LogP contribution >= 0.6 is 0 Å². The molecule has 0 aliphatic carbocycles. The third-order valence-corrected chi connectivity index (χ3v) is 3.14. The highest BCUT2D eigenvalue weighted by atomic mass is 16.5. The summed E-state index contributed by atoms with van der Waals surface area (Å²) in [6.45, 7) is 4.74. The van der Waals surface area contributed by atoms with Gasteiger partial charge in [0.15, 0.2) is 0 Å². The summed E-state index contributed by atoms with van der Waals surface area (Å²) in [4.78, 5) is 13.4. The Morgan fingerprint density at radius 2 is 2.06 bits per heavy atom. The predicted molar refractivity (Wildman–Crippen MR) is 67.6 cm³/mol. The van der Waals surface area contributed by atoms with Crippen molar-refractivity contribution < 1.29 is 18.7 Å². The molecular formula is C13H21NO4. The molecule has 1 rings (SSSR count). The normalized spacial score (nSPS) is 14.6. The topological polar surface area (TPSA) is 51.9 Å². The van der Waals surface area contributed by atoms with Gasteiger partial charge >= 0.3 is 5.97 Å². The molecule has 0 aliphatic rings. The highest BCUT2D eigenvalue weighted by Gasteiger charge is 2.21. The van der Waals surface area contributed by atoms with Crippen LogP contribution in [0, 0.1) is 0 Å². The zero-order chi connectivity index (χ0) is 13.7. The van der Waals surface area contributed by atoms with Gasteiger partial charge in [0.05, 0.1) is 19.8 Å². The van der Waals surface area contributed by atoms with Crippen LogP contribution in [0.2, 0.25) is 0 Å². The molecule has 18 heavy (non-hydrogen) atoms. The van der Waals surface area contributed by atoms with Crippen molar-refractivity contribution in [3.8, 4) is 0 Å². The fourth-order valence-electron chi connectivity index (χ4n) is 1.73. The Balaban J connectivity index is 2.74. The van der Waals surface area contributed by atoms with E-state index in [1.807, 2.05) is 14.0 Å². The van der Waals surface area contributed by atoms with E-state index in [9.17, 15) is 4.79 Å². The van der Waals surface area contributed by atoms with Crippen LogP contribution in [0.5, 0.6) is 0 Å². The van der Waals surface area contributed by atoms with Crippen LogP contribution in [0.4, 0.5) is 0 Å². The maximum absolute atomic E-state index is 11.3. The molecule has 1 aromatic heterocycles. The van der Waals surface area contributed by atoms with E-state index in [2.05, 4.69) is 16.6 Å². The first kappa shape index (κ1) is 14.7.